The van der Waals surface area contributed by atoms with Crippen molar-refractivity contribution in [2.75, 3.05) is 25.6 Å². The molecule has 5 nitrogen and oxygen atoms in total. The Balaban J connectivity index is 2.04. The normalized spacial score (nSPS) is 10.2. The van der Waals surface area contributed by atoms with Crippen LogP contribution in [-0.4, -0.2) is 31.3 Å². The fourth-order valence-corrected chi connectivity index (χ4v) is 2.41. The van der Waals surface area contributed by atoms with Gasteiger partial charge in [0, 0.05) is 12.8 Å². The van der Waals surface area contributed by atoms with Gasteiger partial charge in [-0.25, -0.2) is 0 Å². The first-order valence-electron chi connectivity index (χ1n) is 7.91. The van der Waals surface area contributed by atoms with Gasteiger partial charge in [0.05, 0.1) is 12.2 Å². The number of anilines is 1. The maximum absolute atomic E-state index is 12.5. The van der Waals surface area contributed by atoms with Crippen molar-refractivity contribution in [3.05, 3.63) is 59.2 Å². The Morgan fingerprint density at radius 2 is 1.88 bits per heavy atom. The molecule has 132 valence electrons. The number of hydrogen-bond acceptors (Lipinski definition) is 4. The van der Waals surface area contributed by atoms with Crippen LogP contribution in [0.4, 0.5) is 5.69 Å². The fraction of sp³-hybridized carbons (Fsp3) is 0.263. The monoisotopic (exact) mass is 358 g/mol. The van der Waals surface area contributed by atoms with E-state index in [1.165, 1.54) is 0 Å². The molecule has 0 radical (unpaired) electrons. The molecule has 0 aliphatic carbocycles. The van der Waals surface area contributed by atoms with Gasteiger partial charge in [-0.15, -0.1) is 0 Å². The molecule has 0 aliphatic heterocycles. The molecular formula is C19H22N2O3S. The van der Waals surface area contributed by atoms with Crippen LogP contribution in [0.25, 0.3) is 0 Å². The van der Waals surface area contributed by atoms with Crippen LogP contribution in [0.5, 0.6) is 5.75 Å². The van der Waals surface area contributed by atoms with Crippen molar-refractivity contribution < 1.29 is 14.3 Å². The highest BCUT2D eigenvalue weighted by Gasteiger charge is 2.14. The van der Waals surface area contributed by atoms with Crippen molar-refractivity contribution >= 4 is 28.9 Å². The summed E-state index contributed by atoms with van der Waals surface area (Å²) < 4.78 is 10.5. The van der Waals surface area contributed by atoms with Gasteiger partial charge in [-0.1, -0.05) is 24.3 Å². The lowest BCUT2D eigenvalue weighted by Gasteiger charge is -2.14. The quantitative estimate of drug-likeness (QED) is 0.612. The van der Waals surface area contributed by atoms with Crippen molar-refractivity contribution in [3.63, 3.8) is 0 Å². The molecule has 2 aromatic carbocycles. The van der Waals surface area contributed by atoms with Gasteiger partial charge in [0.25, 0.3) is 5.91 Å². The SMILES string of the molecule is COCCOc1ccccc1C(=O)NC(=S)Nc1cc(C)ccc1C. The second-order valence-electron chi connectivity index (χ2n) is 5.56. The molecule has 6 heteroatoms. The molecule has 0 bridgehead atoms. The average Bonchev–Trinajstić information content (AvgIpc) is 2.58. The predicted molar refractivity (Wildman–Crippen MR) is 103 cm³/mol. The van der Waals surface area contributed by atoms with Crippen molar-refractivity contribution in [2.45, 2.75) is 13.8 Å². The Morgan fingerprint density at radius 1 is 1.12 bits per heavy atom. The molecule has 25 heavy (non-hydrogen) atoms. The molecule has 0 unspecified atom stereocenters. The summed E-state index contributed by atoms with van der Waals surface area (Å²) in [6.45, 7) is 4.79. The minimum absolute atomic E-state index is 0.241. The first kappa shape index (κ1) is 18.9. The smallest absolute Gasteiger partial charge is 0.261 e. The van der Waals surface area contributed by atoms with Crippen molar-refractivity contribution in [2.24, 2.45) is 0 Å². The number of hydrogen-bond donors (Lipinski definition) is 2. The predicted octanol–water partition coefficient (Wildman–Crippen LogP) is 3.46. The van der Waals surface area contributed by atoms with Crippen molar-refractivity contribution in [1.29, 1.82) is 0 Å². The van der Waals surface area contributed by atoms with E-state index in [9.17, 15) is 4.79 Å². The number of ether oxygens (including phenoxy) is 2. The maximum Gasteiger partial charge on any atom is 0.261 e. The van der Waals surface area contributed by atoms with Gasteiger partial charge in [0.2, 0.25) is 0 Å². The lowest BCUT2D eigenvalue weighted by molar-refractivity contribution is 0.0970. The summed E-state index contributed by atoms with van der Waals surface area (Å²) in [5.41, 5.74) is 3.45. The van der Waals surface area contributed by atoms with E-state index in [-0.39, 0.29) is 11.0 Å². The Bertz CT molecular complexity index is 762. The summed E-state index contributed by atoms with van der Waals surface area (Å²) in [5, 5.41) is 6.00. The van der Waals surface area contributed by atoms with Crippen LogP contribution >= 0.6 is 12.2 Å². The zero-order valence-corrected chi connectivity index (χ0v) is 15.4. The molecule has 0 aliphatic rings. The van der Waals surface area contributed by atoms with Crippen LogP contribution in [0, 0.1) is 13.8 Å². The van der Waals surface area contributed by atoms with Crippen LogP contribution < -0.4 is 15.4 Å². The second kappa shape index (κ2) is 9.15. The van der Waals surface area contributed by atoms with Gasteiger partial charge in [0.15, 0.2) is 5.11 Å². The third-order valence-electron chi connectivity index (χ3n) is 3.55. The van der Waals surface area contributed by atoms with Crippen LogP contribution in [0.2, 0.25) is 0 Å². The number of carbonyl (C=O) groups excluding carboxylic acids is 1. The maximum atomic E-state index is 12.5. The fourth-order valence-electron chi connectivity index (χ4n) is 2.21. The number of methoxy groups -OCH3 is 1. The molecular weight excluding hydrogens is 336 g/mol. The van der Waals surface area contributed by atoms with E-state index in [0.717, 1.165) is 16.8 Å². The number of amides is 1. The van der Waals surface area contributed by atoms with Crippen LogP contribution in [0.15, 0.2) is 42.5 Å². The molecule has 2 N–H and O–H groups in total. The molecule has 2 rings (SSSR count). The van der Waals surface area contributed by atoms with E-state index < -0.39 is 0 Å². The zero-order chi connectivity index (χ0) is 18.2. The first-order valence-corrected chi connectivity index (χ1v) is 8.32. The van der Waals surface area contributed by atoms with Crippen LogP contribution in [0.1, 0.15) is 21.5 Å². The van der Waals surface area contributed by atoms with Crippen LogP contribution in [-0.2, 0) is 4.74 Å². The number of thiocarbonyl (C=S) groups is 1. The van der Waals surface area contributed by atoms with E-state index in [2.05, 4.69) is 10.6 Å². The summed E-state index contributed by atoms with van der Waals surface area (Å²) in [4.78, 5) is 12.5. The van der Waals surface area contributed by atoms with E-state index in [4.69, 9.17) is 21.7 Å². The summed E-state index contributed by atoms with van der Waals surface area (Å²) in [7, 11) is 1.60. The van der Waals surface area contributed by atoms with Crippen LogP contribution in [0.3, 0.4) is 0 Å². The van der Waals surface area contributed by atoms with Gasteiger partial charge in [-0.2, -0.15) is 0 Å². The Morgan fingerprint density at radius 3 is 2.64 bits per heavy atom. The number of aryl methyl sites for hydroxylation is 2. The molecule has 0 spiro atoms. The Kier molecular flexibility index (Phi) is 6.91. The Labute approximate surface area is 153 Å². The largest absolute Gasteiger partial charge is 0.490 e. The number of rotatable bonds is 6. The van der Waals surface area contributed by atoms with Gasteiger partial charge in [-0.05, 0) is 55.4 Å². The second-order valence-corrected chi connectivity index (χ2v) is 5.97. The molecule has 0 aromatic heterocycles. The lowest BCUT2D eigenvalue weighted by atomic mass is 10.1. The molecule has 0 fully saturated rings. The third kappa shape index (κ3) is 5.55. The van der Waals surface area contributed by atoms with Crippen molar-refractivity contribution in [1.82, 2.24) is 5.32 Å². The molecule has 0 saturated heterocycles. The molecule has 0 atom stereocenters. The Hall–Kier alpha value is -2.44. The minimum atomic E-state index is -0.323. The van der Waals surface area contributed by atoms with E-state index in [0.29, 0.717) is 24.5 Å². The summed E-state index contributed by atoms with van der Waals surface area (Å²) in [6.07, 6.45) is 0. The van der Waals surface area contributed by atoms with Gasteiger partial charge in [-0.3, -0.25) is 10.1 Å². The molecule has 2 aromatic rings. The van der Waals surface area contributed by atoms with E-state index in [1.54, 1.807) is 25.3 Å². The highest BCUT2D eigenvalue weighted by molar-refractivity contribution is 7.80. The number of nitrogens with one attached hydrogen (secondary N) is 2. The standard InChI is InChI=1S/C19H22N2O3S/c1-13-8-9-14(2)16(12-13)20-19(25)21-18(22)15-6-4-5-7-17(15)24-11-10-23-3/h4-9,12H,10-11H2,1-3H3,(H2,20,21,22,25). The topological polar surface area (TPSA) is 59.6 Å². The van der Waals surface area contributed by atoms with Gasteiger partial charge in [0.1, 0.15) is 12.4 Å². The third-order valence-corrected chi connectivity index (χ3v) is 3.75. The summed E-state index contributed by atoms with van der Waals surface area (Å²) in [6, 6.07) is 13.0. The summed E-state index contributed by atoms with van der Waals surface area (Å²) in [5.74, 6) is 0.169. The molecule has 1 amide bonds. The number of carbonyl (C=O) groups is 1. The highest BCUT2D eigenvalue weighted by Crippen LogP contribution is 2.19. The minimum Gasteiger partial charge on any atom is -0.490 e. The van der Waals surface area contributed by atoms with Gasteiger partial charge < -0.3 is 14.8 Å². The summed E-state index contributed by atoms with van der Waals surface area (Å²) >= 11 is 5.26. The van der Waals surface area contributed by atoms with Crippen molar-refractivity contribution in [3.8, 4) is 5.75 Å². The lowest BCUT2D eigenvalue weighted by Crippen LogP contribution is -2.34. The zero-order valence-electron chi connectivity index (χ0n) is 14.6. The number of benzene rings is 2. The first-order chi connectivity index (χ1) is 12.0. The van der Waals surface area contributed by atoms with E-state index in [1.807, 2.05) is 38.1 Å². The number of para-hydroxylation sites is 1. The highest BCUT2D eigenvalue weighted by atomic mass is 32.1. The van der Waals surface area contributed by atoms with Gasteiger partial charge >= 0.3 is 0 Å². The average molecular weight is 358 g/mol. The molecule has 0 saturated carbocycles. The van der Waals surface area contributed by atoms with E-state index >= 15 is 0 Å². The molecule has 0 heterocycles.